The van der Waals surface area contributed by atoms with Crippen LogP contribution in [0.2, 0.25) is 0 Å². The predicted octanol–water partition coefficient (Wildman–Crippen LogP) is 6.49. The van der Waals surface area contributed by atoms with Crippen molar-refractivity contribution in [2.24, 2.45) is 0 Å². The summed E-state index contributed by atoms with van der Waals surface area (Å²) < 4.78 is 13.8. The van der Waals surface area contributed by atoms with Crippen LogP contribution < -0.4 is 5.32 Å². The molecule has 0 amide bonds. The average molecular weight is 512 g/mol. The van der Waals surface area contributed by atoms with Gasteiger partial charge in [-0.25, -0.2) is 14.4 Å². The highest BCUT2D eigenvalue weighted by molar-refractivity contribution is 5.83. The molecule has 0 spiro atoms. The van der Waals surface area contributed by atoms with Crippen molar-refractivity contribution in [1.29, 1.82) is 0 Å². The number of carbonyl (C=O) groups is 1. The van der Waals surface area contributed by atoms with Crippen molar-refractivity contribution in [3.05, 3.63) is 113 Å². The van der Waals surface area contributed by atoms with Gasteiger partial charge in [-0.1, -0.05) is 74.5 Å². The predicted molar refractivity (Wildman–Crippen MR) is 150 cm³/mol. The van der Waals surface area contributed by atoms with Gasteiger partial charge in [0.05, 0.1) is 17.9 Å². The van der Waals surface area contributed by atoms with Crippen molar-refractivity contribution in [3.8, 4) is 11.3 Å². The maximum atomic E-state index is 13.8. The Morgan fingerprint density at radius 2 is 1.68 bits per heavy atom. The molecule has 0 radical (unpaired) electrons. The number of hydrogen-bond donors (Lipinski definition) is 2. The summed E-state index contributed by atoms with van der Waals surface area (Å²) in [5.41, 5.74) is 5.39. The van der Waals surface area contributed by atoms with Gasteiger partial charge < -0.3 is 10.4 Å². The maximum Gasteiger partial charge on any atom is 0.151 e. The van der Waals surface area contributed by atoms with Gasteiger partial charge in [0.1, 0.15) is 17.6 Å². The number of hydrogen-bond acceptors (Lipinski definition) is 5. The van der Waals surface area contributed by atoms with E-state index in [2.05, 4.69) is 17.4 Å². The molecular weight excluding hydrogens is 477 g/mol. The number of benzene rings is 3. The Hall–Kier alpha value is -3.90. The Morgan fingerprint density at radius 1 is 0.974 bits per heavy atom. The Balaban J connectivity index is 0.00000164. The third-order valence-electron chi connectivity index (χ3n) is 6.54. The van der Waals surface area contributed by atoms with E-state index in [0.717, 1.165) is 29.7 Å². The fourth-order valence-corrected chi connectivity index (χ4v) is 4.65. The molecule has 1 heterocycles. The fraction of sp³-hybridized carbons (Fsp3) is 0.281. The molecule has 0 aliphatic heterocycles. The minimum absolute atomic E-state index is 0.0754. The Morgan fingerprint density at radius 3 is 2.42 bits per heavy atom. The van der Waals surface area contributed by atoms with Crippen molar-refractivity contribution in [2.75, 3.05) is 11.9 Å². The molecule has 0 saturated carbocycles. The average Bonchev–Trinajstić information content (AvgIpc) is 2.97. The molecular formula is C32H34FN3O2. The van der Waals surface area contributed by atoms with Crippen LogP contribution in [0.5, 0.6) is 0 Å². The van der Waals surface area contributed by atoms with Gasteiger partial charge in [-0.15, -0.1) is 0 Å². The van der Waals surface area contributed by atoms with Crippen LogP contribution in [0.25, 0.3) is 11.3 Å². The Bertz CT molecular complexity index is 1360. The number of nitrogens with zero attached hydrogens (tertiary/aromatic N) is 2. The quantitative estimate of drug-likeness (QED) is 0.269. The van der Waals surface area contributed by atoms with Crippen molar-refractivity contribution >= 4 is 11.6 Å². The number of aliphatic hydroxyl groups excluding tert-OH is 1. The van der Waals surface area contributed by atoms with Crippen LogP contribution in [0.3, 0.4) is 0 Å². The van der Waals surface area contributed by atoms with Crippen molar-refractivity contribution in [1.82, 2.24) is 9.97 Å². The van der Waals surface area contributed by atoms with Crippen molar-refractivity contribution in [2.45, 2.75) is 52.1 Å². The molecule has 1 atom stereocenters. The molecule has 38 heavy (non-hydrogen) atoms. The lowest BCUT2D eigenvalue weighted by atomic mass is 9.91. The van der Waals surface area contributed by atoms with Crippen LogP contribution in [-0.2, 0) is 24.1 Å². The number of carbonyl (C=O) groups excluding carboxylic acids is 1. The molecule has 5 rings (SSSR count). The van der Waals surface area contributed by atoms with Gasteiger partial charge in [-0.2, -0.15) is 0 Å². The van der Waals surface area contributed by atoms with Gasteiger partial charge >= 0.3 is 0 Å². The van der Waals surface area contributed by atoms with E-state index in [9.17, 15) is 14.3 Å². The molecule has 2 N–H and O–H groups in total. The van der Waals surface area contributed by atoms with E-state index in [0.29, 0.717) is 42.0 Å². The number of anilines is 1. The Kier molecular flexibility index (Phi) is 9.33. The summed E-state index contributed by atoms with van der Waals surface area (Å²) in [6.07, 6.45) is 2.32. The summed E-state index contributed by atoms with van der Waals surface area (Å²) in [5.74, 6) is 0.206. The molecule has 1 unspecified atom stereocenters. The number of rotatable bonds is 9. The third-order valence-corrected chi connectivity index (χ3v) is 6.54. The fourth-order valence-electron chi connectivity index (χ4n) is 4.65. The number of nitrogens with one attached hydrogen (secondary N) is 1. The molecule has 1 aliphatic rings. The van der Waals surface area contributed by atoms with Crippen LogP contribution in [0.4, 0.5) is 10.2 Å². The lowest BCUT2D eigenvalue weighted by molar-refractivity contribution is -0.117. The van der Waals surface area contributed by atoms with E-state index in [1.165, 1.54) is 17.7 Å². The highest BCUT2D eigenvalue weighted by atomic mass is 19.1. The van der Waals surface area contributed by atoms with Gasteiger partial charge in [-0.3, -0.25) is 4.79 Å². The first-order chi connectivity index (χ1) is 18.6. The van der Waals surface area contributed by atoms with E-state index in [1.54, 1.807) is 6.07 Å². The Labute approximate surface area is 223 Å². The number of aromatic nitrogens is 2. The summed E-state index contributed by atoms with van der Waals surface area (Å²) >= 11 is 0. The van der Waals surface area contributed by atoms with Crippen LogP contribution in [0.15, 0.2) is 78.9 Å². The second-order valence-corrected chi connectivity index (χ2v) is 9.10. The van der Waals surface area contributed by atoms with Crippen molar-refractivity contribution in [3.63, 3.8) is 0 Å². The number of Topliss-reactive ketones (excluding diaryl/α,β-unsaturated/α-hetero) is 1. The minimum Gasteiger partial charge on any atom is -0.382 e. The molecule has 0 fully saturated rings. The third kappa shape index (κ3) is 6.50. The molecule has 1 aliphatic carbocycles. The van der Waals surface area contributed by atoms with Crippen LogP contribution in [-0.4, -0.2) is 27.4 Å². The number of fused-ring (bicyclic) bond motifs is 3. The zero-order chi connectivity index (χ0) is 26.9. The van der Waals surface area contributed by atoms with Gasteiger partial charge in [0.2, 0.25) is 0 Å². The molecule has 6 heteroatoms. The second kappa shape index (κ2) is 13.1. The molecule has 196 valence electrons. The minimum atomic E-state index is -1.02. The van der Waals surface area contributed by atoms with E-state index < -0.39 is 6.10 Å². The first-order valence-electron chi connectivity index (χ1n) is 13.3. The smallest absolute Gasteiger partial charge is 0.151 e. The van der Waals surface area contributed by atoms with E-state index in [4.69, 9.17) is 9.97 Å². The molecule has 1 aromatic heterocycles. The normalized spacial score (nSPS) is 12.4. The number of halogens is 1. The summed E-state index contributed by atoms with van der Waals surface area (Å²) in [6.45, 7) is 4.11. The summed E-state index contributed by atoms with van der Waals surface area (Å²) in [5, 5.41) is 14.4. The lowest BCUT2D eigenvalue weighted by Crippen LogP contribution is -2.20. The van der Waals surface area contributed by atoms with Crippen LogP contribution >= 0.6 is 0 Å². The van der Waals surface area contributed by atoms with E-state index >= 15 is 0 Å². The molecule has 0 bridgehead atoms. The monoisotopic (exact) mass is 511 g/mol. The van der Waals surface area contributed by atoms with Gasteiger partial charge in [0.15, 0.2) is 11.6 Å². The van der Waals surface area contributed by atoms with E-state index in [1.807, 2.05) is 62.4 Å². The largest absolute Gasteiger partial charge is 0.382 e. The topological polar surface area (TPSA) is 75.1 Å². The van der Waals surface area contributed by atoms with Crippen molar-refractivity contribution < 1.29 is 14.3 Å². The van der Waals surface area contributed by atoms with Gasteiger partial charge in [-0.05, 0) is 60.6 Å². The second-order valence-electron chi connectivity index (χ2n) is 9.10. The highest BCUT2D eigenvalue weighted by Crippen LogP contribution is 2.35. The summed E-state index contributed by atoms with van der Waals surface area (Å²) in [7, 11) is 0. The SMILES string of the molecule is CC.O=C(CCCc1ccccc1)CNc1nc2c(nc1C(O)c1ccccc1)-c1ccc(F)cc1CC2. The molecule has 4 aromatic rings. The lowest BCUT2D eigenvalue weighted by Gasteiger charge is -2.23. The van der Waals surface area contributed by atoms with Crippen LogP contribution in [0, 0.1) is 5.82 Å². The van der Waals surface area contributed by atoms with E-state index in [-0.39, 0.29) is 18.1 Å². The standard InChI is InChI=1S/C30H28FN3O2.C2H6/c31-23-15-16-25-22(18-23)14-17-26-27(25)34-28(29(36)21-11-5-2-6-12-21)30(33-26)32-19-24(35)13-7-10-20-8-3-1-4-9-20;1-2/h1-6,8-9,11-12,15-16,18,29,36H,7,10,13-14,17,19H2,(H,32,33);1-2H3. The molecule has 3 aromatic carbocycles. The zero-order valence-corrected chi connectivity index (χ0v) is 22.0. The van der Waals surface area contributed by atoms with Gasteiger partial charge in [0, 0.05) is 12.0 Å². The van der Waals surface area contributed by atoms with Gasteiger partial charge in [0.25, 0.3) is 0 Å². The zero-order valence-electron chi connectivity index (χ0n) is 22.0. The highest BCUT2D eigenvalue weighted by Gasteiger charge is 2.25. The number of ketones is 1. The number of aliphatic hydroxyl groups is 1. The first kappa shape index (κ1) is 27.1. The molecule has 0 saturated heterocycles. The first-order valence-corrected chi connectivity index (χ1v) is 13.3. The summed E-state index contributed by atoms with van der Waals surface area (Å²) in [4.78, 5) is 22.3. The van der Waals surface area contributed by atoms with Crippen LogP contribution in [0.1, 0.15) is 60.9 Å². The maximum absolute atomic E-state index is 13.8. The summed E-state index contributed by atoms with van der Waals surface area (Å²) in [6, 6.07) is 24.0. The number of aryl methyl sites for hydroxylation is 3. The molecule has 5 nitrogen and oxygen atoms in total.